The summed E-state index contributed by atoms with van der Waals surface area (Å²) in [4.78, 5) is 0. The van der Waals surface area contributed by atoms with Crippen LogP contribution in [0.15, 0.2) is 42.3 Å². The first-order valence-corrected chi connectivity index (χ1v) is 8.12. The minimum absolute atomic E-state index is 0.0353. The first kappa shape index (κ1) is 13.7. The molecule has 0 bridgehead atoms. The molecule has 1 aliphatic rings. The summed E-state index contributed by atoms with van der Waals surface area (Å²) in [5.74, 6) is 1.75. The molecule has 1 N–H and O–H groups in total. The zero-order chi connectivity index (χ0) is 13.4. The van der Waals surface area contributed by atoms with E-state index < -0.39 is 0 Å². The molecule has 0 fully saturated rings. The Morgan fingerprint density at radius 3 is 2.84 bits per heavy atom. The van der Waals surface area contributed by atoms with Gasteiger partial charge in [-0.05, 0) is 66.0 Å². The number of nitrogens with one attached hydrogen (secondary N) is 1. The van der Waals surface area contributed by atoms with Gasteiger partial charge < -0.3 is 14.5 Å². The van der Waals surface area contributed by atoms with E-state index in [9.17, 15) is 0 Å². The number of rotatable bonds is 2. The van der Waals surface area contributed by atoms with Crippen LogP contribution in [-0.2, 0) is 6.54 Å². The summed E-state index contributed by atoms with van der Waals surface area (Å²) in [5.41, 5.74) is 1.12. The van der Waals surface area contributed by atoms with Crippen molar-refractivity contribution in [1.29, 1.82) is 0 Å². The maximum atomic E-state index is 6.09. The van der Waals surface area contributed by atoms with E-state index >= 15 is 0 Å². The molecule has 6 heteroatoms. The van der Waals surface area contributed by atoms with Crippen LogP contribution in [0.25, 0.3) is 0 Å². The first-order valence-electron chi connectivity index (χ1n) is 5.74. The molecule has 19 heavy (non-hydrogen) atoms. The van der Waals surface area contributed by atoms with E-state index in [2.05, 4.69) is 53.1 Å². The lowest BCUT2D eigenvalue weighted by Crippen LogP contribution is -2.30. The molecule has 3 rings (SSSR count). The number of hydrogen-bond donors (Lipinski definition) is 1. The van der Waals surface area contributed by atoms with Gasteiger partial charge >= 0.3 is 0 Å². The standard InChI is InChI=1S/C13H10Br3NO2/c14-8-1-2-9(13(16)12(8)15)19-11-6-17-5-10-7(11)3-4-18-10/h1-4,11,17H,5-6H2. The third-order valence-electron chi connectivity index (χ3n) is 3.01. The number of halogens is 3. The quantitative estimate of drug-likeness (QED) is 0.667. The largest absolute Gasteiger partial charge is 0.483 e. The predicted octanol–water partition coefficient (Wildman–Crippen LogP) is 4.79. The van der Waals surface area contributed by atoms with Gasteiger partial charge in [-0.3, -0.25) is 0 Å². The van der Waals surface area contributed by atoms with Crippen LogP contribution in [0.3, 0.4) is 0 Å². The number of ether oxygens (including phenoxy) is 1. The molecule has 1 atom stereocenters. The highest BCUT2D eigenvalue weighted by Gasteiger charge is 2.24. The van der Waals surface area contributed by atoms with E-state index in [1.807, 2.05) is 18.2 Å². The van der Waals surface area contributed by atoms with Gasteiger partial charge in [0.1, 0.15) is 17.6 Å². The number of hydrogen-bond acceptors (Lipinski definition) is 3. The van der Waals surface area contributed by atoms with Crippen molar-refractivity contribution < 1.29 is 9.15 Å². The first-order chi connectivity index (χ1) is 9.16. The average molecular weight is 452 g/mol. The van der Waals surface area contributed by atoms with Crippen molar-refractivity contribution in [2.75, 3.05) is 6.54 Å². The normalized spacial score (nSPS) is 18.2. The van der Waals surface area contributed by atoms with E-state index in [1.54, 1.807) is 6.26 Å². The highest BCUT2D eigenvalue weighted by Crippen LogP contribution is 2.40. The van der Waals surface area contributed by atoms with Crippen LogP contribution in [0.2, 0.25) is 0 Å². The van der Waals surface area contributed by atoms with Gasteiger partial charge in [0, 0.05) is 21.1 Å². The molecule has 1 aromatic carbocycles. The Morgan fingerprint density at radius 2 is 2.00 bits per heavy atom. The molecule has 2 aromatic rings. The molecule has 0 amide bonds. The van der Waals surface area contributed by atoms with Crippen LogP contribution in [0.1, 0.15) is 17.4 Å². The number of fused-ring (bicyclic) bond motifs is 1. The van der Waals surface area contributed by atoms with Gasteiger partial charge in [0.05, 0.1) is 17.3 Å². The Balaban J connectivity index is 1.90. The minimum atomic E-state index is -0.0353. The summed E-state index contributed by atoms with van der Waals surface area (Å²) in [6.07, 6.45) is 1.67. The van der Waals surface area contributed by atoms with Crippen LogP contribution in [-0.4, -0.2) is 6.54 Å². The summed E-state index contributed by atoms with van der Waals surface area (Å²) >= 11 is 10.5. The molecule has 2 heterocycles. The second-order valence-electron chi connectivity index (χ2n) is 4.21. The SMILES string of the molecule is Brc1ccc(OC2CNCc3occc32)c(Br)c1Br. The highest BCUT2D eigenvalue weighted by atomic mass is 79.9. The molecule has 0 radical (unpaired) electrons. The van der Waals surface area contributed by atoms with Gasteiger partial charge in [0.2, 0.25) is 0 Å². The fourth-order valence-electron chi connectivity index (χ4n) is 2.07. The highest BCUT2D eigenvalue weighted by molar-refractivity contribution is 9.14. The molecular formula is C13H10Br3NO2. The molecule has 100 valence electrons. The Bertz CT molecular complexity index is 612. The summed E-state index contributed by atoms with van der Waals surface area (Å²) in [7, 11) is 0. The van der Waals surface area contributed by atoms with Crippen LogP contribution >= 0.6 is 47.8 Å². The van der Waals surface area contributed by atoms with Crippen molar-refractivity contribution in [2.45, 2.75) is 12.6 Å². The molecule has 1 aliphatic heterocycles. The Hall–Kier alpha value is -0.300. The van der Waals surface area contributed by atoms with Crippen molar-refractivity contribution in [2.24, 2.45) is 0 Å². The Kier molecular flexibility index (Phi) is 4.03. The third-order valence-corrected chi connectivity index (χ3v) is 6.35. The Labute approximate surface area is 136 Å². The van der Waals surface area contributed by atoms with Crippen molar-refractivity contribution in [3.05, 3.63) is 49.2 Å². The van der Waals surface area contributed by atoms with E-state index in [4.69, 9.17) is 9.15 Å². The molecular weight excluding hydrogens is 442 g/mol. The van der Waals surface area contributed by atoms with Crippen molar-refractivity contribution in [3.8, 4) is 5.75 Å². The summed E-state index contributed by atoms with van der Waals surface area (Å²) in [6.45, 7) is 1.53. The van der Waals surface area contributed by atoms with Gasteiger partial charge in [-0.2, -0.15) is 0 Å². The average Bonchev–Trinajstić information content (AvgIpc) is 2.89. The topological polar surface area (TPSA) is 34.4 Å². The third kappa shape index (κ3) is 2.63. The monoisotopic (exact) mass is 449 g/mol. The van der Waals surface area contributed by atoms with E-state index in [0.29, 0.717) is 0 Å². The van der Waals surface area contributed by atoms with Gasteiger partial charge in [-0.1, -0.05) is 0 Å². The molecule has 1 unspecified atom stereocenters. The number of benzene rings is 1. The van der Waals surface area contributed by atoms with E-state index in [0.717, 1.165) is 43.6 Å². The van der Waals surface area contributed by atoms with Crippen LogP contribution in [0.5, 0.6) is 5.75 Å². The van der Waals surface area contributed by atoms with Crippen molar-refractivity contribution in [3.63, 3.8) is 0 Å². The van der Waals surface area contributed by atoms with Gasteiger partial charge in [-0.25, -0.2) is 0 Å². The predicted molar refractivity (Wildman–Crippen MR) is 83.3 cm³/mol. The van der Waals surface area contributed by atoms with E-state index in [-0.39, 0.29) is 6.10 Å². The second-order valence-corrected chi connectivity index (χ2v) is 6.65. The molecule has 0 saturated carbocycles. The van der Waals surface area contributed by atoms with Crippen molar-refractivity contribution in [1.82, 2.24) is 5.32 Å². The number of furan rings is 1. The van der Waals surface area contributed by atoms with Crippen LogP contribution in [0, 0.1) is 0 Å². The summed E-state index contributed by atoms with van der Waals surface area (Å²) < 4.78 is 14.3. The van der Waals surface area contributed by atoms with Crippen LogP contribution in [0.4, 0.5) is 0 Å². The molecule has 0 aliphatic carbocycles. The summed E-state index contributed by atoms with van der Waals surface area (Å²) in [5, 5.41) is 3.29. The maximum Gasteiger partial charge on any atom is 0.140 e. The molecule has 0 saturated heterocycles. The lowest BCUT2D eigenvalue weighted by molar-refractivity contribution is 0.185. The lowest BCUT2D eigenvalue weighted by Gasteiger charge is -2.24. The minimum Gasteiger partial charge on any atom is -0.483 e. The van der Waals surface area contributed by atoms with Crippen LogP contribution < -0.4 is 10.1 Å². The fourth-order valence-corrected chi connectivity index (χ4v) is 3.43. The Morgan fingerprint density at radius 1 is 1.16 bits per heavy atom. The lowest BCUT2D eigenvalue weighted by atomic mass is 10.1. The zero-order valence-electron chi connectivity index (χ0n) is 9.75. The molecule has 3 nitrogen and oxygen atoms in total. The van der Waals surface area contributed by atoms with Gasteiger partial charge in [0.25, 0.3) is 0 Å². The second kappa shape index (κ2) is 5.60. The van der Waals surface area contributed by atoms with Crippen molar-refractivity contribution >= 4 is 47.8 Å². The van der Waals surface area contributed by atoms with E-state index in [1.165, 1.54) is 0 Å². The molecule has 0 spiro atoms. The molecule has 1 aromatic heterocycles. The zero-order valence-corrected chi connectivity index (χ0v) is 14.5. The smallest absolute Gasteiger partial charge is 0.140 e. The van der Waals surface area contributed by atoms with Gasteiger partial charge in [-0.15, -0.1) is 0 Å². The van der Waals surface area contributed by atoms with Gasteiger partial charge in [0.15, 0.2) is 0 Å². The maximum absolute atomic E-state index is 6.09. The fraction of sp³-hybridized carbons (Fsp3) is 0.231. The summed E-state index contributed by atoms with van der Waals surface area (Å²) in [6, 6.07) is 5.87.